The van der Waals surface area contributed by atoms with Gasteiger partial charge in [-0.05, 0) is 24.2 Å². The van der Waals surface area contributed by atoms with Crippen LogP contribution in [0.2, 0.25) is 5.02 Å². The highest BCUT2D eigenvalue weighted by Crippen LogP contribution is 2.17. The van der Waals surface area contributed by atoms with Gasteiger partial charge in [0.05, 0.1) is 11.6 Å². The highest BCUT2D eigenvalue weighted by molar-refractivity contribution is 6.30. The summed E-state index contributed by atoms with van der Waals surface area (Å²) in [7, 11) is 0. The molecule has 19 heavy (non-hydrogen) atoms. The lowest BCUT2D eigenvalue weighted by atomic mass is 10.2. The molecule has 2 rings (SSSR count). The van der Waals surface area contributed by atoms with Crippen molar-refractivity contribution < 1.29 is 8.81 Å². The van der Waals surface area contributed by atoms with Crippen LogP contribution in [0.15, 0.2) is 22.6 Å². The maximum atomic E-state index is 13.0. The number of aromatic nitrogens is 2. The van der Waals surface area contributed by atoms with Crippen LogP contribution in [-0.4, -0.2) is 16.7 Å². The van der Waals surface area contributed by atoms with Gasteiger partial charge in [0.1, 0.15) is 5.82 Å². The molecule has 0 radical (unpaired) electrons. The first-order chi connectivity index (χ1) is 9.19. The third kappa shape index (κ3) is 3.90. The Labute approximate surface area is 115 Å². The summed E-state index contributed by atoms with van der Waals surface area (Å²) in [5.41, 5.74) is 0.831. The summed E-state index contributed by atoms with van der Waals surface area (Å²) >= 11 is 5.69. The second kappa shape index (κ2) is 6.49. The van der Waals surface area contributed by atoms with E-state index in [1.54, 1.807) is 12.1 Å². The fraction of sp³-hybridized carbons (Fsp3) is 0.333. The summed E-state index contributed by atoms with van der Waals surface area (Å²) in [5, 5.41) is 13.9. The van der Waals surface area contributed by atoms with Gasteiger partial charge in [0.15, 0.2) is 0 Å². The van der Waals surface area contributed by atoms with Gasteiger partial charge in [-0.1, -0.05) is 29.7 Å². The molecule has 0 unspecified atom stereocenters. The van der Waals surface area contributed by atoms with Crippen LogP contribution in [-0.2, 0) is 13.1 Å². The van der Waals surface area contributed by atoms with E-state index in [1.807, 2.05) is 6.92 Å². The SMILES string of the molecule is CCNCc1nnc(NCc2ccc(F)c(Cl)c2)o1. The lowest BCUT2D eigenvalue weighted by molar-refractivity contribution is 0.481. The summed E-state index contributed by atoms with van der Waals surface area (Å²) < 4.78 is 18.3. The Morgan fingerprint density at radius 1 is 1.32 bits per heavy atom. The van der Waals surface area contributed by atoms with E-state index in [1.165, 1.54) is 6.07 Å². The van der Waals surface area contributed by atoms with Crippen LogP contribution < -0.4 is 10.6 Å². The predicted molar refractivity (Wildman–Crippen MR) is 70.4 cm³/mol. The molecule has 0 aliphatic heterocycles. The quantitative estimate of drug-likeness (QED) is 0.854. The number of hydrogen-bond acceptors (Lipinski definition) is 5. The van der Waals surface area contributed by atoms with Gasteiger partial charge < -0.3 is 15.1 Å². The van der Waals surface area contributed by atoms with Gasteiger partial charge >= 0.3 is 6.01 Å². The molecule has 0 amide bonds. The smallest absolute Gasteiger partial charge is 0.315 e. The maximum absolute atomic E-state index is 13.0. The molecule has 0 spiro atoms. The summed E-state index contributed by atoms with van der Waals surface area (Å²) in [6.45, 7) is 3.80. The van der Waals surface area contributed by atoms with E-state index in [4.69, 9.17) is 16.0 Å². The summed E-state index contributed by atoms with van der Waals surface area (Å²) in [6.07, 6.45) is 0. The molecule has 1 heterocycles. The minimum absolute atomic E-state index is 0.0951. The van der Waals surface area contributed by atoms with E-state index in [2.05, 4.69) is 20.8 Å². The third-order valence-electron chi connectivity index (χ3n) is 2.42. The van der Waals surface area contributed by atoms with Gasteiger partial charge in [0.25, 0.3) is 0 Å². The molecular formula is C12H14ClFN4O. The molecule has 0 saturated carbocycles. The second-order valence-electron chi connectivity index (χ2n) is 3.88. The van der Waals surface area contributed by atoms with E-state index >= 15 is 0 Å². The molecule has 1 aromatic carbocycles. The Kier molecular flexibility index (Phi) is 4.70. The van der Waals surface area contributed by atoms with Gasteiger partial charge in [0, 0.05) is 6.54 Å². The molecule has 2 N–H and O–H groups in total. The normalized spacial score (nSPS) is 10.7. The van der Waals surface area contributed by atoms with Crippen molar-refractivity contribution in [2.24, 2.45) is 0 Å². The van der Waals surface area contributed by atoms with Gasteiger partial charge in [0.2, 0.25) is 5.89 Å². The highest BCUT2D eigenvalue weighted by atomic mass is 35.5. The standard InChI is InChI=1S/C12H14ClFN4O/c1-2-15-7-11-17-18-12(19-11)16-6-8-3-4-10(14)9(13)5-8/h3-5,15H,2,6-7H2,1H3,(H,16,18). The van der Waals surface area contributed by atoms with Crippen LogP contribution in [0.4, 0.5) is 10.4 Å². The van der Waals surface area contributed by atoms with E-state index in [0.29, 0.717) is 25.0 Å². The topological polar surface area (TPSA) is 63.0 Å². The zero-order valence-electron chi connectivity index (χ0n) is 10.4. The largest absolute Gasteiger partial charge is 0.407 e. The third-order valence-corrected chi connectivity index (χ3v) is 2.71. The number of halogens is 2. The molecule has 0 atom stereocenters. The van der Waals surface area contributed by atoms with Crippen LogP contribution in [0.3, 0.4) is 0 Å². The molecule has 5 nitrogen and oxygen atoms in total. The maximum Gasteiger partial charge on any atom is 0.315 e. The summed E-state index contributed by atoms with van der Waals surface area (Å²) in [6, 6.07) is 4.85. The molecule has 0 fully saturated rings. The lowest BCUT2D eigenvalue weighted by Crippen LogP contribution is -2.11. The van der Waals surface area contributed by atoms with E-state index in [9.17, 15) is 4.39 Å². The number of nitrogens with one attached hydrogen (secondary N) is 2. The monoisotopic (exact) mass is 284 g/mol. The van der Waals surface area contributed by atoms with Crippen molar-refractivity contribution in [3.8, 4) is 0 Å². The Morgan fingerprint density at radius 3 is 2.89 bits per heavy atom. The Morgan fingerprint density at radius 2 is 2.16 bits per heavy atom. The predicted octanol–water partition coefficient (Wildman–Crippen LogP) is 2.58. The summed E-state index contributed by atoms with van der Waals surface area (Å²) in [5.74, 6) is 0.0811. The molecular weight excluding hydrogens is 271 g/mol. The van der Waals surface area contributed by atoms with Crippen molar-refractivity contribution in [3.63, 3.8) is 0 Å². The van der Waals surface area contributed by atoms with Gasteiger partial charge in [-0.3, -0.25) is 0 Å². The molecule has 1 aromatic heterocycles. The van der Waals surface area contributed by atoms with Crippen molar-refractivity contribution >= 4 is 17.6 Å². The van der Waals surface area contributed by atoms with Crippen molar-refractivity contribution in [2.45, 2.75) is 20.0 Å². The molecule has 0 aliphatic rings. The van der Waals surface area contributed by atoms with E-state index in [-0.39, 0.29) is 5.02 Å². The number of nitrogens with zero attached hydrogens (tertiary/aromatic N) is 2. The van der Waals surface area contributed by atoms with E-state index in [0.717, 1.165) is 12.1 Å². The van der Waals surface area contributed by atoms with Crippen LogP contribution >= 0.6 is 11.6 Å². The molecule has 0 bridgehead atoms. The molecule has 102 valence electrons. The van der Waals surface area contributed by atoms with Gasteiger partial charge in [-0.2, -0.15) is 0 Å². The molecule has 0 aliphatic carbocycles. The highest BCUT2D eigenvalue weighted by Gasteiger charge is 2.06. The zero-order chi connectivity index (χ0) is 13.7. The Balaban J connectivity index is 1.91. The van der Waals surface area contributed by atoms with Gasteiger partial charge in [-0.15, -0.1) is 5.10 Å². The molecule has 0 saturated heterocycles. The average molecular weight is 285 g/mol. The minimum atomic E-state index is -0.434. The number of hydrogen-bond donors (Lipinski definition) is 2. The fourth-order valence-electron chi connectivity index (χ4n) is 1.46. The fourth-order valence-corrected chi connectivity index (χ4v) is 1.66. The number of benzene rings is 1. The van der Waals surface area contributed by atoms with E-state index < -0.39 is 5.82 Å². The number of rotatable bonds is 6. The molecule has 7 heteroatoms. The van der Waals surface area contributed by atoms with Crippen molar-refractivity contribution in [3.05, 3.63) is 40.5 Å². The Hall–Kier alpha value is -1.66. The van der Waals surface area contributed by atoms with Crippen LogP contribution in [0.25, 0.3) is 0 Å². The average Bonchev–Trinajstić information content (AvgIpc) is 2.86. The van der Waals surface area contributed by atoms with Crippen molar-refractivity contribution in [1.82, 2.24) is 15.5 Å². The molecule has 2 aromatic rings. The first-order valence-corrected chi connectivity index (χ1v) is 6.27. The first-order valence-electron chi connectivity index (χ1n) is 5.90. The zero-order valence-corrected chi connectivity index (χ0v) is 11.2. The van der Waals surface area contributed by atoms with Crippen LogP contribution in [0, 0.1) is 5.82 Å². The van der Waals surface area contributed by atoms with Crippen molar-refractivity contribution in [2.75, 3.05) is 11.9 Å². The van der Waals surface area contributed by atoms with Crippen LogP contribution in [0.5, 0.6) is 0 Å². The lowest BCUT2D eigenvalue weighted by Gasteiger charge is -2.02. The van der Waals surface area contributed by atoms with Crippen molar-refractivity contribution in [1.29, 1.82) is 0 Å². The Bertz CT molecular complexity index is 546. The number of anilines is 1. The summed E-state index contributed by atoms with van der Waals surface area (Å²) in [4.78, 5) is 0. The minimum Gasteiger partial charge on any atom is -0.407 e. The first kappa shape index (κ1) is 13.8. The van der Waals surface area contributed by atoms with Gasteiger partial charge in [-0.25, -0.2) is 4.39 Å². The van der Waals surface area contributed by atoms with Crippen LogP contribution in [0.1, 0.15) is 18.4 Å². The second-order valence-corrected chi connectivity index (χ2v) is 4.29.